The zero-order chi connectivity index (χ0) is 30.4. The van der Waals surface area contributed by atoms with Gasteiger partial charge in [0.25, 0.3) is 0 Å². The molecule has 4 heterocycles. The van der Waals surface area contributed by atoms with E-state index in [0.29, 0.717) is 0 Å². The monoisotopic (exact) mass is 693 g/mol. The maximum atomic E-state index is 5.10. The molecule has 0 atom stereocenters. The smallest absolute Gasteiger partial charge is 0.155 e. The number of nitrogens with zero attached hydrogens (tertiary/aromatic N) is 5. The number of halogens is 1. The van der Waals surface area contributed by atoms with Crippen LogP contribution in [0.25, 0.3) is 33.3 Å². The molecule has 0 amide bonds. The van der Waals surface area contributed by atoms with Gasteiger partial charge in [-0.3, -0.25) is 0 Å². The molecule has 0 bridgehead atoms. The summed E-state index contributed by atoms with van der Waals surface area (Å²) in [6, 6.07) is 53.9. The van der Waals surface area contributed by atoms with Gasteiger partial charge in [0.05, 0.1) is 29.1 Å². The molecule has 216 valence electrons. The van der Waals surface area contributed by atoms with Crippen molar-refractivity contribution in [3.63, 3.8) is 0 Å². The van der Waals surface area contributed by atoms with Gasteiger partial charge in [-0.2, -0.15) is 10.2 Å². The van der Waals surface area contributed by atoms with Crippen LogP contribution < -0.4 is 0 Å². The summed E-state index contributed by atoms with van der Waals surface area (Å²) < 4.78 is 4.95. The fourth-order valence-corrected chi connectivity index (χ4v) is 6.02. The standard InChI is InChI=1S/C26H19N3.C13H9IN2/c1-4-10-20(11-5-1)23-18-24-16-17-27-29(24)25(19-23)28-26(21-12-6-2-7-13-21)22-14-8-3-9-15-22;14-13-9-11(10-4-2-1-3-5-10)8-12-6-7-15-16(12)13/h1-19H;1-9H. The van der Waals surface area contributed by atoms with Crippen molar-refractivity contribution in [1.29, 1.82) is 0 Å². The number of hydrogen-bond acceptors (Lipinski definition) is 3. The van der Waals surface area contributed by atoms with Crippen LogP contribution in [0.1, 0.15) is 11.1 Å². The number of aromatic nitrogens is 4. The second-order valence-corrected chi connectivity index (χ2v) is 11.5. The Morgan fingerprint density at radius 3 is 1.44 bits per heavy atom. The minimum Gasteiger partial charge on any atom is -0.228 e. The molecule has 0 radical (unpaired) electrons. The third-order valence-electron chi connectivity index (χ3n) is 7.46. The first kappa shape index (κ1) is 28.4. The van der Waals surface area contributed by atoms with Crippen molar-refractivity contribution < 1.29 is 0 Å². The lowest BCUT2D eigenvalue weighted by molar-refractivity contribution is 0.933. The molecule has 4 aromatic carbocycles. The Labute approximate surface area is 275 Å². The number of pyridine rings is 2. The van der Waals surface area contributed by atoms with Crippen LogP contribution in [0.5, 0.6) is 0 Å². The van der Waals surface area contributed by atoms with Crippen molar-refractivity contribution in [3.05, 3.63) is 185 Å². The van der Waals surface area contributed by atoms with Crippen LogP contribution in [0.15, 0.2) is 175 Å². The Hall–Kier alpha value is -5.34. The van der Waals surface area contributed by atoms with E-state index >= 15 is 0 Å². The van der Waals surface area contributed by atoms with Crippen LogP contribution >= 0.6 is 22.6 Å². The Morgan fingerprint density at radius 2 is 0.911 bits per heavy atom. The van der Waals surface area contributed by atoms with Crippen molar-refractivity contribution >= 4 is 45.2 Å². The second kappa shape index (κ2) is 13.1. The summed E-state index contributed by atoms with van der Waals surface area (Å²) in [6.07, 6.45) is 3.64. The molecule has 8 aromatic rings. The fraction of sp³-hybridized carbons (Fsp3) is 0. The molecule has 0 spiro atoms. The highest BCUT2D eigenvalue weighted by molar-refractivity contribution is 14.1. The molecule has 8 rings (SSSR count). The Bertz CT molecular complexity index is 2160. The van der Waals surface area contributed by atoms with Crippen LogP contribution in [0.2, 0.25) is 0 Å². The van der Waals surface area contributed by atoms with Gasteiger partial charge in [-0.05, 0) is 81.2 Å². The van der Waals surface area contributed by atoms with Gasteiger partial charge in [0, 0.05) is 11.1 Å². The van der Waals surface area contributed by atoms with E-state index in [9.17, 15) is 0 Å². The highest BCUT2D eigenvalue weighted by Crippen LogP contribution is 2.28. The van der Waals surface area contributed by atoms with Crippen LogP contribution in [0.4, 0.5) is 5.82 Å². The van der Waals surface area contributed by atoms with Gasteiger partial charge in [-0.15, -0.1) is 0 Å². The second-order valence-electron chi connectivity index (χ2n) is 10.4. The van der Waals surface area contributed by atoms with Gasteiger partial charge >= 0.3 is 0 Å². The first-order valence-corrected chi connectivity index (χ1v) is 15.7. The number of hydrogen-bond donors (Lipinski definition) is 0. The fourth-order valence-electron chi connectivity index (χ4n) is 5.28. The molecule has 0 aliphatic heterocycles. The molecule has 0 aliphatic carbocycles. The summed E-state index contributed by atoms with van der Waals surface area (Å²) in [5, 5.41) is 8.77. The molecule has 0 saturated carbocycles. The number of aliphatic imine (C=N–C) groups is 1. The van der Waals surface area contributed by atoms with Gasteiger partial charge in [0.15, 0.2) is 5.82 Å². The van der Waals surface area contributed by atoms with E-state index in [4.69, 9.17) is 4.99 Å². The zero-order valence-corrected chi connectivity index (χ0v) is 26.4. The summed E-state index contributed by atoms with van der Waals surface area (Å²) in [5.74, 6) is 0.800. The van der Waals surface area contributed by atoms with Crippen LogP contribution in [-0.4, -0.2) is 24.9 Å². The van der Waals surface area contributed by atoms with Gasteiger partial charge in [-0.25, -0.2) is 14.0 Å². The molecular weight excluding hydrogens is 665 g/mol. The average Bonchev–Trinajstić information content (AvgIpc) is 3.80. The van der Waals surface area contributed by atoms with Crippen molar-refractivity contribution in [2.75, 3.05) is 0 Å². The van der Waals surface area contributed by atoms with E-state index in [1.807, 2.05) is 82.1 Å². The third-order valence-corrected chi connectivity index (χ3v) is 8.23. The van der Waals surface area contributed by atoms with Crippen molar-refractivity contribution in [2.45, 2.75) is 0 Å². The summed E-state index contributed by atoms with van der Waals surface area (Å²) in [7, 11) is 0. The SMILES string of the molecule is Ic1cc(-c2ccccc2)cc2ccnn12.c1ccc(C(=Nc2cc(-c3ccccc3)cc3ccnn23)c2ccccc2)cc1. The first-order valence-electron chi connectivity index (χ1n) is 14.6. The molecule has 0 N–H and O–H groups in total. The molecule has 0 saturated heterocycles. The van der Waals surface area contributed by atoms with Gasteiger partial charge < -0.3 is 0 Å². The molecule has 45 heavy (non-hydrogen) atoms. The lowest BCUT2D eigenvalue weighted by Gasteiger charge is -2.10. The average molecular weight is 694 g/mol. The van der Waals surface area contributed by atoms with E-state index in [1.54, 1.807) is 0 Å². The summed E-state index contributed by atoms with van der Waals surface area (Å²) >= 11 is 2.31. The maximum Gasteiger partial charge on any atom is 0.155 e. The van der Waals surface area contributed by atoms with Crippen molar-refractivity contribution in [2.24, 2.45) is 4.99 Å². The van der Waals surface area contributed by atoms with E-state index in [2.05, 4.69) is 130 Å². The quantitative estimate of drug-likeness (QED) is 0.102. The lowest BCUT2D eigenvalue weighted by Crippen LogP contribution is -2.03. The largest absolute Gasteiger partial charge is 0.228 e. The Kier molecular flexibility index (Phi) is 8.29. The van der Waals surface area contributed by atoms with E-state index in [0.717, 1.165) is 48.5 Å². The summed E-state index contributed by atoms with van der Waals surface area (Å²) in [5.41, 5.74) is 9.98. The number of fused-ring (bicyclic) bond motifs is 2. The topological polar surface area (TPSA) is 47.0 Å². The van der Waals surface area contributed by atoms with E-state index in [1.165, 1.54) is 11.1 Å². The van der Waals surface area contributed by atoms with Crippen LogP contribution in [0, 0.1) is 3.70 Å². The number of benzene rings is 4. The van der Waals surface area contributed by atoms with Crippen molar-refractivity contribution in [1.82, 2.24) is 19.2 Å². The normalized spacial score (nSPS) is 10.8. The van der Waals surface area contributed by atoms with Crippen LogP contribution in [-0.2, 0) is 0 Å². The third kappa shape index (κ3) is 6.32. The highest BCUT2D eigenvalue weighted by atomic mass is 127. The predicted octanol–water partition coefficient (Wildman–Crippen LogP) is 9.78. The molecular formula is C39H28IN5. The highest BCUT2D eigenvalue weighted by Gasteiger charge is 2.11. The molecule has 6 heteroatoms. The molecule has 0 fully saturated rings. The molecule has 0 unspecified atom stereocenters. The first-order chi connectivity index (χ1) is 22.2. The zero-order valence-electron chi connectivity index (χ0n) is 24.3. The van der Waals surface area contributed by atoms with Gasteiger partial charge in [0.2, 0.25) is 0 Å². The van der Waals surface area contributed by atoms with E-state index in [-0.39, 0.29) is 0 Å². The summed E-state index contributed by atoms with van der Waals surface area (Å²) in [6.45, 7) is 0. The van der Waals surface area contributed by atoms with Gasteiger partial charge in [-0.1, -0.05) is 121 Å². The predicted molar refractivity (Wildman–Crippen MR) is 192 cm³/mol. The van der Waals surface area contributed by atoms with Crippen molar-refractivity contribution in [3.8, 4) is 22.3 Å². The maximum absolute atomic E-state index is 5.10. The molecule has 4 aromatic heterocycles. The lowest BCUT2D eigenvalue weighted by atomic mass is 10.0. The Balaban J connectivity index is 0.000000171. The minimum atomic E-state index is 0.800. The summed E-state index contributed by atoms with van der Waals surface area (Å²) in [4.78, 5) is 5.10. The molecule has 5 nitrogen and oxygen atoms in total. The number of rotatable bonds is 5. The molecule has 0 aliphatic rings. The van der Waals surface area contributed by atoms with Crippen LogP contribution in [0.3, 0.4) is 0 Å². The van der Waals surface area contributed by atoms with Gasteiger partial charge in [0.1, 0.15) is 3.70 Å². The van der Waals surface area contributed by atoms with E-state index < -0.39 is 0 Å². The minimum absolute atomic E-state index is 0.800. The Morgan fingerprint density at radius 1 is 0.467 bits per heavy atom.